The fourth-order valence-corrected chi connectivity index (χ4v) is 6.85. The second kappa shape index (κ2) is 6.56. The number of hydrogen-bond acceptors (Lipinski definition) is 3. The SMILES string of the molecule is CN(CC12CC3CC(CC(C3)C1)C2)C(=O)c1cccc2nc(C(C)(C)C(=O)O)cn12. The van der Waals surface area contributed by atoms with Crippen LogP contribution in [0, 0.1) is 23.2 Å². The number of nitrogens with zero attached hydrogens (tertiary/aromatic N) is 3. The van der Waals surface area contributed by atoms with E-state index in [0.717, 1.165) is 24.3 Å². The maximum atomic E-state index is 13.4. The van der Waals surface area contributed by atoms with Gasteiger partial charge in [-0.05, 0) is 87.7 Å². The van der Waals surface area contributed by atoms with Gasteiger partial charge in [-0.3, -0.25) is 14.0 Å². The Bertz CT molecular complexity index is 987. The first-order chi connectivity index (χ1) is 14.2. The van der Waals surface area contributed by atoms with E-state index >= 15 is 0 Å². The van der Waals surface area contributed by atoms with Gasteiger partial charge in [-0.25, -0.2) is 4.98 Å². The highest BCUT2D eigenvalue weighted by Crippen LogP contribution is 2.60. The minimum Gasteiger partial charge on any atom is -0.481 e. The van der Waals surface area contributed by atoms with Crippen LogP contribution in [0.25, 0.3) is 5.65 Å². The van der Waals surface area contributed by atoms with Crippen molar-refractivity contribution in [1.29, 1.82) is 0 Å². The van der Waals surface area contributed by atoms with Gasteiger partial charge >= 0.3 is 5.97 Å². The first-order valence-electron chi connectivity index (χ1n) is 11.1. The third-order valence-electron chi connectivity index (χ3n) is 7.97. The molecule has 4 bridgehead atoms. The molecule has 0 unspecified atom stereocenters. The number of amides is 1. The molecule has 4 aliphatic carbocycles. The Morgan fingerprint density at radius 2 is 1.77 bits per heavy atom. The van der Waals surface area contributed by atoms with Crippen molar-refractivity contribution in [3.05, 3.63) is 35.8 Å². The molecule has 4 aliphatic rings. The van der Waals surface area contributed by atoms with Crippen LogP contribution < -0.4 is 0 Å². The summed E-state index contributed by atoms with van der Waals surface area (Å²) in [6.07, 6.45) is 9.69. The lowest BCUT2D eigenvalue weighted by Gasteiger charge is -2.57. The number of carboxylic acid groups (broad SMARTS) is 1. The maximum Gasteiger partial charge on any atom is 0.315 e. The number of hydrogen-bond donors (Lipinski definition) is 1. The van der Waals surface area contributed by atoms with Crippen molar-refractivity contribution in [2.24, 2.45) is 23.2 Å². The van der Waals surface area contributed by atoms with E-state index in [4.69, 9.17) is 0 Å². The van der Waals surface area contributed by atoms with E-state index in [0.29, 0.717) is 22.5 Å². The third kappa shape index (κ3) is 3.03. The van der Waals surface area contributed by atoms with E-state index in [9.17, 15) is 14.7 Å². The van der Waals surface area contributed by atoms with Crippen LogP contribution in [0.1, 0.15) is 68.6 Å². The minimum atomic E-state index is -1.11. The highest BCUT2D eigenvalue weighted by Gasteiger charge is 2.51. The number of pyridine rings is 1. The zero-order valence-electron chi connectivity index (χ0n) is 18.1. The molecule has 30 heavy (non-hydrogen) atoms. The molecule has 2 aromatic rings. The summed E-state index contributed by atoms with van der Waals surface area (Å²) in [5.74, 6) is 1.62. The van der Waals surface area contributed by atoms with Crippen LogP contribution in [-0.2, 0) is 10.2 Å². The van der Waals surface area contributed by atoms with Gasteiger partial charge in [0.25, 0.3) is 5.91 Å². The molecule has 0 aliphatic heterocycles. The molecule has 6 heteroatoms. The lowest BCUT2D eigenvalue weighted by atomic mass is 9.49. The smallest absolute Gasteiger partial charge is 0.315 e. The summed E-state index contributed by atoms with van der Waals surface area (Å²) in [6, 6.07) is 5.45. The van der Waals surface area contributed by atoms with Crippen LogP contribution in [0.4, 0.5) is 0 Å². The number of aromatic nitrogens is 2. The summed E-state index contributed by atoms with van der Waals surface area (Å²) in [5.41, 5.74) is 0.780. The number of imidazole rings is 1. The van der Waals surface area contributed by atoms with Crippen molar-refractivity contribution in [2.45, 2.75) is 57.8 Å². The van der Waals surface area contributed by atoms with Gasteiger partial charge in [0.1, 0.15) is 16.8 Å². The van der Waals surface area contributed by atoms with Gasteiger partial charge in [-0.2, -0.15) is 0 Å². The van der Waals surface area contributed by atoms with Crippen LogP contribution in [-0.4, -0.2) is 44.9 Å². The van der Waals surface area contributed by atoms with Gasteiger partial charge in [0.15, 0.2) is 0 Å². The molecule has 160 valence electrons. The highest BCUT2D eigenvalue weighted by atomic mass is 16.4. The van der Waals surface area contributed by atoms with Crippen LogP contribution in [0.2, 0.25) is 0 Å². The molecule has 6 nitrogen and oxygen atoms in total. The minimum absolute atomic E-state index is 0.0200. The second-order valence-corrected chi connectivity index (χ2v) is 10.8. The van der Waals surface area contributed by atoms with Crippen LogP contribution in [0.3, 0.4) is 0 Å². The maximum absolute atomic E-state index is 13.4. The van der Waals surface area contributed by atoms with Gasteiger partial charge in [-0.1, -0.05) is 6.07 Å². The molecule has 2 heterocycles. The summed E-state index contributed by atoms with van der Waals surface area (Å²) in [6.45, 7) is 4.09. The van der Waals surface area contributed by atoms with Crippen LogP contribution in [0.15, 0.2) is 24.4 Å². The normalized spacial score (nSPS) is 30.0. The third-order valence-corrected chi connectivity index (χ3v) is 7.97. The fourth-order valence-electron chi connectivity index (χ4n) is 6.85. The topological polar surface area (TPSA) is 74.9 Å². The van der Waals surface area contributed by atoms with E-state index in [1.54, 1.807) is 24.4 Å². The van der Waals surface area contributed by atoms with Gasteiger partial charge in [-0.15, -0.1) is 0 Å². The molecule has 0 atom stereocenters. The molecule has 4 saturated carbocycles. The predicted octanol–water partition coefficient (Wildman–Crippen LogP) is 3.98. The number of rotatable bonds is 5. The first-order valence-corrected chi connectivity index (χ1v) is 11.1. The van der Waals surface area contributed by atoms with E-state index < -0.39 is 11.4 Å². The fraction of sp³-hybridized carbons (Fsp3) is 0.625. The Hall–Kier alpha value is -2.37. The number of carbonyl (C=O) groups is 2. The number of fused-ring (bicyclic) bond motifs is 1. The van der Waals surface area contributed by atoms with Crippen molar-refractivity contribution in [1.82, 2.24) is 14.3 Å². The van der Waals surface area contributed by atoms with Gasteiger partial charge in [0.05, 0.1) is 5.69 Å². The van der Waals surface area contributed by atoms with Gasteiger partial charge < -0.3 is 10.0 Å². The van der Waals surface area contributed by atoms with Crippen molar-refractivity contribution < 1.29 is 14.7 Å². The molecule has 6 rings (SSSR count). The average molecular weight is 410 g/mol. The average Bonchev–Trinajstić information content (AvgIpc) is 3.11. The molecule has 0 radical (unpaired) electrons. The van der Waals surface area contributed by atoms with Crippen molar-refractivity contribution in [3.8, 4) is 0 Å². The Kier molecular flexibility index (Phi) is 4.28. The standard InChI is InChI=1S/C24H31N3O3/c1-23(2,22(29)30)19-13-27-18(5-4-6-20(27)25-19)21(28)26(3)14-24-10-15-7-16(11-24)9-17(8-15)12-24/h4-6,13,15-17H,7-12,14H2,1-3H3,(H,29,30). The summed E-state index contributed by atoms with van der Waals surface area (Å²) < 4.78 is 1.75. The zero-order valence-corrected chi connectivity index (χ0v) is 18.1. The van der Waals surface area contributed by atoms with Gasteiger partial charge in [0, 0.05) is 19.8 Å². The number of carboxylic acids is 1. The lowest BCUT2D eigenvalue weighted by molar-refractivity contribution is -0.142. The van der Waals surface area contributed by atoms with E-state index in [1.807, 2.05) is 30.1 Å². The molecule has 0 aromatic carbocycles. The second-order valence-electron chi connectivity index (χ2n) is 10.8. The Balaban J connectivity index is 1.42. The quantitative estimate of drug-likeness (QED) is 0.810. The van der Waals surface area contributed by atoms with Crippen molar-refractivity contribution >= 4 is 17.5 Å². The predicted molar refractivity (Wildman–Crippen MR) is 113 cm³/mol. The summed E-state index contributed by atoms with van der Waals surface area (Å²) in [4.78, 5) is 31.5. The monoisotopic (exact) mass is 409 g/mol. The molecular formula is C24H31N3O3. The Labute approximate surface area is 177 Å². The lowest BCUT2D eigenvalue weighted by Crippen LogP contribution is -2.51. The first kappa shape index (κ1) is 19.6. The highest BCUT2D eigenvalue weighted by molar-refractivity contribution is 5.93. The summed E-state index contributed by atoms with van der Waals surface area (Å²) in [5, 5.41) is 9.55. The number of carbonyl (C=O) groups excluding carboxylic acids is 1. The van der Waals surface area contributed by atoms with Gasteiger partial charge in [0.2, 0.25) is 0 Å². The molecule has 2 aromatic heterocycles. The Morgan fingerprint density at radius 3 is 2.33 bits per heavy atom. The van der Waals surface area contributed by atoms with Crippen LogP contribution in [0.5, 0.6) is 0 Å². The number of aliphatic carboxylic acids is 1. The molecule has 1 amide bonds. The zero-order chi connectivity index (χ0) is 21.3. The van der Waals surface area contributed by atoms with Crippen molar-refractivity contribution in [3.63, 3.8) is 0 Å². The summed E-state index contributed by atoms with van der Waals surface area (Å²) >= 11 is 0. The molecule has 0 spiro atoms. The molecule has 0 saturated heterocycles. The molecule has 1 N–H and O–H groups in total. The molecular weight excluding hydrogens is 378 g/mol. The summed E-state index contributed by atoms with van der Waals surface area (Å²) in [7, 11) is 1.92. The van der Waals surface area contributed by atoms with Crippen LogP contribution >= 0.6 is 0 Å². The van der Waals surface area contributed by atoms with E-state index in [-0.39, 0.29) is 5.91 Å². The van der Waals surface area contributed by atoms with Crippen molar-refractivity contribution in [2.75, 3.05) is 13.6 Å². The largest absolute Gasteiger partial charge is 0.481 e. The molecule has 4 fully saturated rings. The Morgan fingerprint density at radius 1 is 1.17 bits per heavy atom. The van der Waals surface area contributed by atoms with E-state index in [1.165, 1.54) is 38.5 Å². The van der Waals surface area contributed by atoms with E-state index in [2.05, 4.69) is 4.98 Å².